The molecule has 0 atom stereocenters. The third kappa shape index (κ3) is 2.27. The number of hydrogen-bond acceptors (Lipinski definition) is 3. The molecule has 0 bridgehead atoms. The second-order valence-electron chi connectivity index (χ2n) is 5.88. The van der Waals surface area contributed by atoms with E-state index in [1.54, 1.807) is 13.3 Å². The van der Waals surface area contributed by atoms with Gasteiger partial charge in [-0.15, -0.1) is 0 Å². The predicted octanol–water partition coefficient (Wildman–Crippen LogP) is 2.38. The Morgan fingerprint density at radius 3 is 2.87 bits per heavy atom. The van der Waals surface area contributed by atoms with Gasteiger partial charge in [0.2, 0.25) is 0 Å². The van der Waals surface area contributed by atoms with E-state index in [0.717, 1.165) is 22.5 Å². The fourth-order valence-electron chi connectivity index (χ4n) is 3.09. The van der Waals surface area contributed by atoms with Gasteiger partial charge in [0.15, 0.2) is 0 Å². The molecule has 1 amide bonds. The number of carbonyl (C=O) groups is 1. The van der Waals surface area contributed by atoms with E-state index in [1.807, 2.05) is 42.3 Å². The number of rotatable bonds is 3. The molecule has 2 aromatic heterocycles. The molecule has 3 heterocycles. The normalized spacial score (nSPS) is 15.0. The molecule has 3 aromatic rings. The van der Waals surface area contributed by atoms with Crippen LogP contribution in [0.25, 0.3) is 10.9 Å². The monoisotopic (exact) mass is 310 g/mol. The number of nitrogens with zero attached hydrogens (tertiary/aromatic N) is 3. The average Bonchev–Trinajstić information content (AvgIpc) is 3.11. The summed E-state index contributed by atoms with van der Waals surface area (Å²) < 4.78 is 7.35. The molecule has 1 fully saturated rings. The van der Waals surface area contributed by atoms with Crippen molar-refractivity contribution >= 4 is 16.8 Å². The molecule has 6 heteroatoms. The van der Waals surface area contributed by atoms with E-state index >= 15 is 0 Å². The molecule has 23 heavy (non-hydrogen) atoms. The van der Waals surface area contributed by atoms with Crippen LogP contribution in [0.1, 0.15) is 22.4 Å². The summed E-state index contributed by atoms with van der Waals surface area (Å²) in [5.41, 5.74) is 1.56. The average molecular weight is 310 g/mol. The van der Waals surface area contributed by atoms with E-state index in [9.17, 15) is 4.79 Å². The Bertz CT molecular complexity index is 874. The van der Waals surface area contributed by atoms with Crippen LogP contribution in [0, 0.1) is 6.92 Å². The first-order valence-corrected chi connectivity index (χ1v) is 7.61. The van der Waals surface area contributed by atoms with Crippen LogP contribution in [-0.2, 0) is 0 Å². The molecule has 1 aliphatic heterocycles. The topological polar surface area (TPSA) is 63.2 Å². The molecule has 1 aromatic carbocycles. The van der Waals surface area contributed by atoms with Gasteiger partial charge >= 0.3 is 0 Å². The smallest absolute Gasteiger partial charge is 0.270 e. The SMILES string of the molecule is COc1ccc2[nH]c(C(=O)N3CC(n4ccnc4C)C3)cc2c1. The number of aromatic nitrogens is 3. The van der Waals surface area contributed by atoms with Crippen LogP contribution >= 0.6 is 0 Å². The Morgan fingerprint density at radius 1 is 1.35 bits per heavy atom. The summed E-state index contributed by atoms with van der Waals surface area (Å²) in [6.07, 6.45) is 3.77. The van der Waals surface area contributed by atoms with Crippen molar-refractivity contribution in [3.63, 3.8) is 0 Å². The summed E-state index contributed by atoms with van der Waals surface area (Å²) in [4.78, 5) is 21.9. The van der Waals surface area contributed by atoms with Crippen molar-refractivity contribution in [1.82, 2.24) is 19.4 Å². The van der Waals surface area contributed by atoms with Gasteiger partial charge in [-0.05, 0) is 31.2 Å². The molecular weight excluding hydrogens is 292 g/mol. The van der Waals surface area contributed by atoms with Crippen LogP contribution in [0.3, 0.4) is 0 Å². The van der Waals surface area contributed by atoms with E-state index in [-0.39, 0.29) is 5.91 Å². The number of ether oxygens (including phenoxy) is 1. The summed E-state index contributed by atoms with van der Waals surface area (Å²) in [5, 5.41) is 0.982. The van der Waals surface area contributed by atoms with Crippen molar-refractivity contribution in [2.75, 3.05) is 20.2 Å². The highest BCUT2D eigenvalue weighted by Crippen LogP contribution is 2.26. The van der Waals surface area contributed by atoms with Crippen LogP contribution in [0.2, 0.25) is 0 Å². The van der Waals surface area contributed by atoms with Crippen molar-refractivity contribution in [3.8, 4) is 5.75 Å². The Kier molecular flexibility index (Phi) is 3.11. The number of hydrogen-bond donors (Lipinski definition) is 1. The van der Waals surface area contributed by atoms with Gasteiger partial charge in [-0.1, -0.05) is 0 Å². The number of nitrogens with one attached hydrogen (secondary N) is 1. The fourth-order valence-corrected chi connectivity index (χ4v) is 3.09. The van der Waals surface area contributed by atoms with Gasteiger partial charge in [-0.3, -0.25) is 4.79 Å². The minimum atomic E-state index is 0.0363. The number of amides is 1. The van der Waals surface area contributed by atoms with Gasteiger partial charge in [0, 0.05) is 36.4 Å². The summed E-state index contributed by atoms with van der Waals surface area (Å²) >= 11 is 0. The molecule has 0 spiro atoms. The minimum absolute atomic E-state index is 0.0363. The van der Waals surface area contributed by atoms with Gasteiger partial charge in [-0.25, -0.2) is 4.98 Å². The Balaban J connectivity index is 1.51. The molecule has 6 nitrogen and oxygen atoms in total. The number of H-pyrrole nitrogens is 1. The van der Waals surface area contributed by atoms with E-state index in [2.05, 4.69) is 14.5 Å². The molecule has 1 saturated heterocycles. The first-order valence-electron chi connectivity index (χ1n) is 7.61. The number of imidazole rings is 1. The standard InChI is InChI=1S/C17H18N4O2/c1-11-18-5-6-21(11)13-9-20(10-13)17(22)16-8-12-7-14(23-2)3-4-15(12)19-16/h3-8,13,19H,9-10H2,1-2H3. The lowest BCUT2D eigenvalue weighted by Crippen LogP contribution is -2.50. The second kappa shape index (κ2) is 5.15. The Labute approximate surface area is 133 Å². The van der Waals surface area contributed by atoms with Crippen molar-refractivity contribution in [2.24, 2.45) is 0 Å². The third-order valence-corrected chi connectivity index (χ3v) is 4.46. The molecule has 4 rings (SSSR count). The summed E-state index contributed by atoms with van der Waals surface area (Å²) in [5.74, 6) is 1.81. The third-order valence-electron chi connectivity index (χ3n) is 4.46. The molecule has 118 valence electrons. The molecule has 0 unspecified atom stereocenters. The molecular formula is C17H18N4O2. The summed E-state index contributed by atoms with van der Waals surface area (Å²) in [6.45, 7) is 3.42. The van der Waals surface area contributed by atoms with Crippen LogP contribution in [0.4, 0.5) is 0 Å². The van der Waals surface area contributed by atoms with E-state index in [4.69, 9.17) is 4.74 Å². The van der Waals surface area contributed by atoms with Gasteiger partial charge in [-0.2, -0.15) is 0 Å². The second-order valence-corrected chi connectivity index (χ2v) is 5.88. The molecule has 0 radical (unpaired) electrons. The van der Waals surface area contributed by atoms with E-state index in [0.29, 0.717) is 24.8 Å². The van der Waals surface area contributed by atoms with Crippen LogP contribution in [-0.4, -0.2) is 45.5 Å². The van der Waals surface area contributed by atoms with Gasteiger partial charge in [0.25, 0.3) is 5.91 Å². The highest BCUT2D eigenvalue weighted by atomic mass is 16.5. The first-order chi connectivity index (χ1) is 11.2. The zero-order valence-corrected chi connectivity index (χ0v) is 13.1. The number of carbonyl (C=O) groups excluding carboxylic acids is 1. The maximum Gasteiger partial charge on any atom is 0.270 e. The summed E-state index contributed by atoms with van der Waals surface area (Å²) in [7, 11) is 1.64. The van der Waals surface area contributed by atoms with Crippen LogP contribution in [0.5, 0.6) is 5.75 Å². The molecule has 1 N–H and O–H groups in total. The van der Waals surface area contributed by atoms with E-state index in [1.165, 1.54) is 0 Å². The zero-order valence-electron chi connectivity index (χ0n) is 13.1. The van der Waals surface area contributed by atoms with Gasteiger partial charge in [0.05, 0.1) is 13.2 Å². The predicted molar refractivity (Wildman–Crippen MR) is 86.8 cm³/mol. The van der Waals surface area contributed by atoms with Crippen molar-refractivity contribution in [1.29, 1.82) is 0 Å². The number of benzene rings is 1. The molecule has 0 saturated carbocycles. The Morgan fingerprint density at radius 2 is 2.17 bits per heavy atom. The lowest BCUT2D eigenvalue weighted by Gasteiger charge is -2.40. The lowest BCUT2D eigenvalue weighted by molar-refractivity contribution is 0.0512. The Hall–Kier alpha value is -2.76. The molecule has 1 aliphatic rings. The maximum atomic E-state index is 12.6. The number of methoxy groups -OCH3 is 1. The highest BCUT2D eigenvalue weighted by molar-refractivity contribution is 5.98. The first kappa shape index (κ1) is 13.9. The number of aryl methyl sites for hydroxylation is 1. The number of fused-ring (bicyclic) bond motifs is 1. The van der Waals surface area contributed by atoms with Gasteiger partial charge in [0.1, 0.15) is 17.3 Å². The zero-order chi connectivity index (χ0) is 16.0. The van der Waals surface area contributed by atoms with Crippen molar-refractivity contribution in [3.05, 3.63) is 48.2 Å². The van der Waals surface area contributed by atoms with Crippen molar-refractivity contribution in [2.45, 2.75) is 13.0 Å². The maximum absolute atomic E-state index is 12.6. The lowest BCUT2D eigenvalue weighted by atomic mass is 10.1. The largest absolute Gasteiger partial charge is 0.497 e. The number of likely N-dealkylation sites (tertiary alicyclic amines) is 1. The van der Waals surface area contributed by atoms with Crippen molar-refractivity contribution < 1.29 is 9.53 Å². The minimum Gasteiger partial charge on any atom is -0.497 e. The van der Waals surface area contributed by atoms with Gasteiger partial charge < -0.3 is 19.2 Å². The highest BCUT2D eigenvalue weighted by Gasteiger charge is 2.33. The quantitative estimate of drug-likeness (QED) is 0.808. The molecule has 0 aliphatic carbocycles. The van der Waals surface area contributed by atoms with Crippen LogP contribution < -0.4 is 4.74 Å². The summed E-state index contributed by atoms with van der Waals surface area (Å²) in [6, 6.07) is 7.95. The van der Waals surface area contributed by atoms with E-state index < -0.39 is 0 Å². The van der Waals surface area contributed by atoms with Crippen LogP contribution in [0.15, 0.2) is 36.7 Å². The number of aromatic amines is 1. The fraction of sp³-hybridized carbons (Fsp3) is 0.294.